The van der Waals surface area contributed by atoms with Crippen molar-refractivity contribution in [3.05, 3.63) is 168 Å². The monoisotopic (exact) mass is 754 g/mol. The molecule has 0 unspecified atom stereocenters. The second kappa shape index (κ2) is 15.7. The average molecular weight is 755 g/mol. The number of aromatic nitrogens is 4. The number of hydrogen-bond donors (Lipinski definition) is 2. The van der Waals surface area contributed by atoms with Crippen LogP contribution in [0.4, 0.5) is 0 Å². The van der Waals surface area contributed by atoms with Crippen molar-refractivity contribution in [3.8, 4) is 44.5 Å². The maximum Gasteiger partial charge on any atom is 0.204 e. The maximum absolute atomic E-state index is 6.69. The van der Waals surface area contributed by atoms with Crippen molar-refractivity contribution < 1.29 is 23.7 Å². The Morgan fingerprint density at radius 3 is 0.930 bits per heavy atom. The molecule has 0 saturated carbocycles. The van der Waals surface area contributed by atoms with Crippen molar-refractivity contribution in [3.63, 3.8) is 0 Å². The molecule has 284 valence electrons. The number of fused-ring (bicyclic) bond motifs is 8. The third-order valence-electron chi connectivity index (χ3n) is 10.6. The quantitative estimate of drug-likeness (QED) is 0.159. The van der Waals surface area contributed by atoms with E-state index in [0.29, 0.717) is 11.4 Å². The highest BCUT2D eigenvalue weighted by atomic mass is 16.8. The van der Waals surface area contributed by atoms with Crippen molar-refractivity contribution in [2.45, 2.75) is 24.8 Å². The number of H-pyrrole nitrogens is 2. The number of nitrogens with zero attached hydrogens (tertiary/aromatic N) is 2. The molecule has 0 spiro atoms. The number of nitrogens with one attached hydrogen (secondary N) is 2. The Hall–Kier alpha value is -6.20. The Morgan fingerprint density at radius 1 is 0.368 bits per heavy atom. The highest BCUT2D eigenvalue weighted by Crippen LogP contribution is 2.47. The summed E-state index contributed by atoms with van der Waals surface area (Å²) in [4.78, 5) is 18.6. The molecule has 0 amide bonds. The molecular formula is C48H42N4O5. The SMILES string of the molecule is CO[C@@H]1O[C@@H](OC)c2nc1c(-c1ccccc1)c1ccc([nH]1)c(-c1ccccc1)c1nc(c(-c3ccccc3)c3ccc([nH]3)c2-c2ccccc2)[C@H](OC)[C@@H]1OC. The first kappa shape index (κ1) is 36.4. The summed E-state index contributed by atoms with van der Waals surface area (Å²) >= 11 is 0. The molecule has 5 heterocycles. The van der Waals surface area contributed by atoms with E-state index in [-0.39, 0.29) is 0 Å². The summed E-state index contributed by atoms with van der Waals surface area (Å²) in [7, 11) is 6.67. The number of methoxy groups -OCH3 is 4. The maximum atomic E-state index is 6.69. The van der Waals surface area contributed by atoms with Crippen LogP contribution in [-0.4, -0.2) is 48.4 Å². The fraction of sp³-hybridized carbons (Fsp3) is 0.167. The second-order valence-electron chi connectivity index (χ2n) is 13.9. The van der Waals surface area contributed by atoms with Crippen LogP contribution in [0.5, 0.6) is 0 Å². The van der Waals surface area contributed by atoms with Crippen LogP contribution >= 0.6 is 0 Å². The lowest BCUT2D eigenvalue weighted by molar-refractivity contribution is -0.247. The molecule has 57 heavy (non-hydrogen) atoms. The van der Waals surface area contributed by atoms with E-state index in [1.54, 1.807) is 28.4 Å². The molecule has 3 aromatic heterocycles. The van der Waals surface area contributed by atoms with Crippen molar-refractivity contribution in [2.24, 2.45) is 0 Å². The van der Waals surface area contributed by atoms with Crippen molar-refractivity contribution in [1.29, 1.82) is 0 Å². The highest BCUT2D eigenvalue weighted by molar-refractivity contribution is 5.92. The van der Waals surface area contributed by atoms with Gasteiger partial charge in [-0.05, 0) is 46.5 Å². The van der Waals surface area contributed by atoms with E-state index < -0.39 is 24.8 Å². The van der Waals surface area contributed by atoms with Crippen LogP contribution in [0.15, 0.2) is 146 Å². The van der Waals surface area contributed by atoms with Gasteiger partial charge in [0.15, 0.2) is 0 Å². The number of rotatable bonds is 8. The van der Waals surface area contributed by atoms with Gasteiger partial charge in [0.2, 0.25) is 12.6 Å². The van der Waals surface area contributed by atoms with Crippen LogP contribution in [0.25, 0.3) is 66.6 Å². The summed E-state index contributed by atoms with van der Waals surface area (Å²) in [6.45, 7) is 0. The minimum atomic E-state index is -0.858. The molecule has 9 heteroatoms. The Kier molecular flexibility index (Phi) is 10.1. The first-order valence-corrected chi connectivity index (χ1v) is 18.9. The first-order chi connectivity index (χ1) is 28.1. The summed E-state index contributed by atoms with van der Waals surface area (Å²) in [6, 6.07) is 49.2. The van der Waals surface area contributed by atoms with Crippen molar-refractivity contribution in [1.82, 2.24) is 19.9 Å². The molecule has 7 aromatic rings. The lowest BCUT2D eigenvalue weighted by Crippen LogP contribution is -2.22. The van der Waals surface area contributed by atoms with Gasteiger partial charge in [-0.15, -0.1) is 0 Å². The Bertz CT molecular complexity index is 2500. The molecule has 2 aliphatic rings. The van der Waals surface area contributed by atoms with Crippen LogP contribution in [0.1, 0.15) is 47.6 Å². The number of ether oxygens (including phenoxy) is 5. The third-order valence-corrected chi connectivity index (χ3v) is 10.6. The van der Waals surface area contributed by atoms with Crippen LogP contribution in [0.2, 0.25) is 0 Å². The molecule has 9 nitrogen and oxygen atoms in total. The predicted molar refractivity (Wildman–Crippen MR) is 223 cm³/mol. The zero-order valence-corrected chi connectivity index (χ0v) is 32.1. The van der Waals surface area contributed by atoms with Gasteiger partial charge >= 0.3 is 0 Å². The topological polar surface area (TPSA) is 104 Å². The molecule has 0 radical (unpaired) electrons. The van der Waals surface area contributed by atoms with Gasteiger partial charge in [-0.1, -0.05) is 121 Å². The van der Waals surface area contributed by atoms with Crippen LogP contribution in [0, 0.1) is 0 Å². The third kappa shape index (κ3) is 6.55. The van der Waals surface area contributed by atoms with Crippen LogP contribution < -0.4 is 0 Å². The molecule has 9 rings (SSSR count). The van der Waals surface area contributed by atoms with E-state index in [1.165, 1.54) is 0 Å². The minimum Gasteiger partial charge on any atom is -0.372 e. The van der Waals surface area contributed by atoms with E-state index in [1.807, 2.05) is 72.8 Å². The minimum absolute atomic E-state index is 0.535. The van der Waals surface area contributed by atoms with Crippen molar-refractivity contribution in [2.75, 3.05) is 28.4 Å². The molecule has 4 aromatic carbocycles. The molecule has 0 saturated heterocycles. The smallest absolute Gasteiger partial charge is 0.204 e. The molecule has 2 N–H and O–H groups in total. The van der Waals surface area contributed by atoms with E-state index in [2.05, 4.69) is 82.8 Å². The Labute approximate surface area is 330 Å². The molecule has 4 atom stereocenters. The molecule has 2 aliphatic heterocycles. The van der Waals surface area contributed by atoms with Gasteiger partial charge in [0.25, 0.3) is 0 Å². The fourth-order valence-corrected chi connectivity index (χ4v) is 8.13. The van der Waals surface area contributed by atoms with Gasteiger partial charge in [-0.2, -0.15) is 0 Å². The zero-order chi connectivity index (χ0) is 38.9. The summed E-state index contributed by atoms with van der Waals surface area (Å²) in [6.07, 6.45) is -2.79. The largest absolute Gasteiger partial charge is 0.372 e. The van der Waals surface area contributed by atoms with E-state index in [0.717, 1.165) is 78.0 Å². The number of aromatic amines is 2. The van der Waals surface area contributed by atoms with Gasteiger partial charge < -0.3 is 33.7 Å². The summed E-state index contributed by atoms with van der Waals surface area (Å²) in [5.74, 6) is 0. The summed E-state index contributed by atoms with van der Waals surface area (Å²) in [5, 5.41) is 0. The van der Waals surface area contributed by atoms with E-state index in [4.69, 9.17) is 33.7 Å². The lowest BCUT2D eigenvalue weighted by Gasteiger charge is -2.29. The van der Waals surface area contributed by atoms with Gasteiger partial charge in [0.05, 0.1) is 11.4 Å². The second-order valence-corrected chi connectivity index (χ2v) is 13.9. The average Bonchev–Trinajstić information content (AvgIpc) is 4.03. The summed E-state index contributed by atoms with van der Waals surface area (Å²) < 4.78 is 31.5. The van der Waals surface area contributed by atoms with Crippen molar-refractivity contribution >= 4 is 22.1 Å². The number of hydrogen-bond acceptors (Lipinski definition) is 7. The Morgan fingerprint density at radius 2 is 0.649 bits per heavy atom. The first-order valence-electron chi connectivity index (χ1n) is 18.9. The fourth-order valence-electron chi connectivity index (χ4n) is 8.13. The normalized spacial score (nSPS) is 18.0. The van der Waals surface area contributed by atoms with Gasteiger partial charge in [0.1, 0.15) is 23.6 Å². The Balaban J connectivity index is 1.56. The van der Waals surface area contributed by atoms with Gasteiger partial charge in [-0.3, -0.25) is 4.98 Å². The number of benzene rings is 4. The molecule has 0 aliphatic carbocycles. The predicted octanol–water partition coefficient (Wildman–Crippen LogP) is 11.1. The zero-order valence-electron chi connectivity index (χ0n) is 32.1. The van der Waals surface area contributed by atoms with E-state index >= 15 is 0 Å². The lowest BCUT2D eigenvalue weighted by atomic mass is 9.97. The van der Waals surface area contributed by atoms with Crippen LogP contribution in [0.3, 0.4) is 0 Å². The highest BCUT2D eigenvalue weighted by Gasteiger charge is 2.38. The standard InChI is InChI=1S/C48H42N4O5/c1-53-45-41-37(29-17-9-5-10-18-29)33-25-27-35(49-33)39(31-21-13-7-14-22-31)43-47(55-3)57-48(56-4)44(52-43)40(32-23-15-8-16-24-32)36-28-26-34(50-36)38(30-19-11-6-12-20-30)42(51-41)46(45)54-2/h5-28,45-50H,1-4H3/t45-,46+,47-,48-/m1/s1. The van der Waals surface area contributed by atoms with Gasteiger partial charge in [-0.25, -0.2) is 4.98 Å². The molecular weight excluding hydrogens is 713 g/mol. The molecule has 0 fully saturated rings. The summed E-state index contributed by atoms with van der Waals surface area (Å²) in [5.41, 5.74) is 13.2. The molecule has 8 bridgehead atoms. The van der Waals surface area contributed by atoms with E-state index in [9.17, 15) is 0 Å². The van der Waals surface area contributed by atoms with Gasteiger partial charge in [0, 0.05) is 72.8 Å². The van der Waals surface area contributed by atoms with Crippen LogP contribution in [-0.2, 0) is 23.7 Å².